The Bertz CT molecular complexity index is 1360. The maximum absolute atomic E-state index is 13.1. The van der Waals surface area contributed by atoms with Crippen LogP contribution in [-0.2, 0) is 12.7 Å². The Morgan fingerprint density at radius 1 is 0.912 bits per heavy atom. The van der Waals surface area contributed by atoms with Gasteiger partial charge in [0.1, 0.15) is 17.9 Å². The maximum Gasteiger partial charge on any atom is 0.573 e. The van der Waals surface area contributed by atoms with Crippen molar-refractivity contribution in [2.45, 2.75) is 19.1 Å². The minimum Gasteiger partial charge on any atom is -0.475 e. The van der Waals surface area contributed by atoms with Crippen molar-refractivity contribution in [1.29, 1.82) is 0 Å². The van der Waals surface area contributed by atoms with E-state index in [-0.39, 0.29) is 18.8 Å². The van der Waals surface area contributed by atoms with Gasteiger partial charge in [-0.3, -0.25) is 0 Å². The Morgan fingerprint density at radius 3 is 2.32 bits per heavy atom. The molecule has 1 aromatic carbocycles. The Hall–Kier alpha value is -4.03. The molecule has 3 heterocycles. The monoisotopic (exact) mass is 484 g/mol. The molecule has 0 saturated carbocycles. The molecule has 0 amide bonds. The van der Waals surface area contributed by atoms with Crippen LogP contribution in [0.3, 0.4) is 0 Å². The van der Waals surface area contributed by atoms with Gasteiger partial charge in [0, 0.05) is 6.20 Å². The van der Waals surface area contributed by atoms with E-state index in [1.807, 2.05) is 0 Å². The van der Waals surface area contributed by atoms with Crippen molar-refractivity contribution >= 4 is 5.65 Å². The first-order valence-corrected chi connectivity index (χ1v) is 9.63. The second kappa shape index (κ2) is 8.72. The van der Waals surface area contributed by atoms with Crippen LogP contribution in [0.25, 0.3) is 16.9 Å². The van der Waals surface area contributed by atoms with Crippen molar-refractivity contribution in [1.82, 2.24) is 19.2 Å². The Kier molecular flexibility index (Phi) is 5.94. The highest BCUT2D eigenvalue weighted by atomic mass is 19.4. The fourth-order valence-corrected chi connectivity index (χ4v) is 3.21. The normalized spacial score (nSPS) is 12.2. The van der Waals surface area contributed by atoms with E-state index >= 15 is 0 Å². The van der Waals surface area contributed by atoms with Crippen LogP contribution in [0.15, 0.2) is 65.6 Å². The lowest BCUT2D eigenvalue weighted by molar-refractivity contribution is -0.274. The summed E-state index contributed by atoms with van der Waals surface area (Å²) in [5.41, 5.74) is -0.662. The van der Waals surface area contributed by atoms with Gasteiger partial charge >= 0.3 is 18.2 Å². The van der Waals surface area contributed by atoms with Crippen molar-refractivity contribution in [2.24, 2.45) is 0 Å². The van der Waals surface area contributed by atoms with Crippen LogP contribution in [0.1, 0.15) is 5.56 Å². The number of ether oxygens (including phenoxy) is 2. The summed E-state index contributed by atoms with van der Waals surface area (Å²) in [5.74, 6) is -1.04. The van der Waals surface area contributed by atoms with E-state index in [1.165, 1.54) is 22.6 Å². The van der Waals surface area contributed by atoms with Gasteiger partial charge in [-0.1, -0.05) is 6.07 Å². The third-order valence-corrected chi connectivity index (χ3v) is 4.61. The minimum absolute atomic E-state index is 0.174. The average molecular weight is 484 g/mol. The van der Waals surface area contributed by atoms with Crippen molar-refractivity contribution in [3.05, 3.63) is 76.8 Å². The summed E-state index contributed by atoms with van der Waals surface area (Å²) in [5, 5.41) is 4.14. The van der Waals surface area contributed by atoms with Crippen LogP contribution in [-0.4, -0.2) is 32.1 Å². The van der Waals surface area contributed by atoms with Crippen molar-refractivity contribution in [2.75, 3.05) is 6.61 Å². The summed E-state index contributed by atoms with van der Waals surface area (Å²) in [7, 11) is 0. The number of halogens is 6. The minimum atomic E-state index is -4.84. The fourth-order valence-electron chi connectivity index (χ4n) is 3.21. The number of rotatable bonds is 6. The quantitative estimate of drug-likeness (QED) is 0.376. The predicted molar refractivity (Wildman–Crippen MR) is 106 cm³/mol. The van der Waals surface area contributed by atoms with Crippen LogP contribution in [0.2, 0.25) is 0 Å². The molecule has 178 valence electrons. The number of benzene rings is 1. The van der Waals surface area contributed by atoms with E-state index in [0.717, 1.165) is 35.1 Å². The average Bonchev–Trinajstić information content (AvgIpc) is 3.09. The molecule has 0 radical (unpaired) electrons. The van der Waals surface area contributed by atoms with Gasteiger partial charge in [0.25, 0.3) is 0 Å². The Morgan fingerprint density at radius 2 is 1.65 bits per heavy atom. The summed E-state index contributed by atoms with van der Waals surface area (Å²) in [6.07, 6.45) is -8.34. The van der Waals surface area contributed by atoms with Gasteiger partial charge in [-0.2, -0.15) is 13.2 Å². The summed E-state index contributed by atoms with van der Waals surface area (Å²) < 4.78 is 87.5. The van der Waals surface area contributed by atoms with E-state index in [1.54, 1.807) is 12.1 Å². The molecule has 0 bridgehead atoms. The van der Waals surface area contributed by atoms with E-state index < -0.39 is 35.4 Å². The second-order valence-electron chi connectivity index (χ2n) is 6.88. The topological polar surface area (TPSA) is 70.7 Å². The molecule has 3 aromatic heterocycles. The van der Waals surface area contributed by atoms with Crippen LogP contribution in [0.4, 0.5) is 26.3 Å². The molecule has 13 heteroatoms. The molecule has 4 aromatic rings. The fraction of sp³-hybridized carbons (Fsp3) is 0.190. The number of nitrogens with zero attached hydrogens (tertiary/aromatic N) is 4. The molecule has 0 spiro atoms. The first kappa shape index (κ1) is 23.1. The first-order chi connectivity index (χ1) is 16.0. The molecule has 7 nitrogen and oxygen atoms in total. The zero-order valence-electron chi connectivity index (χ0n) is 17.0. The molecule has 0 unspecified atom stereocenters. The number of pyridine rings is 2. The summed E-state index contributed by atoms with van der Waals surface area (Å²) in [6.45, 7) is -0.491. The second-order valence-corrected chi connectivity index (χ2v) is 6.88. The molecular formula is C21H14F6N4O3. The summed E-state index contributed by atoms with van der Waals surface area (Å²) in [4.78, 5) is 16.5. The van der Waals surface area contributed by atoms with Crippen LogP contribution >= 0.6 is 0 Å². The molecule has 34 heavy (non-hydrogen) atoms. The van der Waals surface area contributed by atoms with E-state index in [9.17, 15) is 31.1 Å². The number of hydrogen-bond donors (Lipinski definition) is 0. The highest BCUT2D eigenvalue weighted by molar-refractivity contribution is 5.64. The van der Waals surface area contributed by atoms with Crippen LogP contribution < -0.4 is 15.2 Å². The maximum atomic E-state index is 13.1. The van der Waals surface area contributed by atoms with E-state index in [2.05, 4.69) is 14.8 Å². The molecule has 0 aliphatic carbocycles. The first-order valence-electron chi connectivity index (χ1n) is 9.63. The van der Waals surface area contributed by atoms with Crippen LogP contribution in [0, 0.1) is 0 Å². The van der Waals surface area contributed by atoms with Crippen molar-refractivity contribution < 1.29 is 35.8 Å². The highest BCUT2D eigenvalue weighted by Crippen LogP contribution is 2.34. The van der Waals surface area contributed by atoms with Gasteiger partial charge in [-0.15, -0.1) is 18.3 Å². The molecule has 0 saturated heterocycles. The van der Waals surface area contributed by atoms with Gasteiger partial charge < -0.3 is 9.47 Å². The predicted octanol–water partition coefficient (Wildman–Crippen LogP) is 4.55. The molecule has 4 rings (SSSR count). The molecule has 0 atom stereocenters. The smallest absolute Gasteiger partial charge is 0.475 e. The van der Waals surface area contributed by atoms with Crippen molar-refractivity contribution in [3.8, 4) is 22.9 Å². The largest absolute Gasteiger partial charge is 0.573 e. The van der Waals surface area contributed by atoms with Gasteiger partial charge in [0.05, 0.1) is 12.2 Å². The molecule has 0 fully saturated rings. The van der Waals surface area contributed by atoms with Crippen LogP contribution in [0.5, 0.6) is 11.6 Å². The Labute approximate surface area is 186 Å². The van der Waals surface area contributed by atoms with Gasteiger partial charge in [-0.25, -0.2) is 18.9 Å². The lowest BCUT2D eigenvalue weighted by Crippen LogP contribution is -2.25. The third kappa shape index (κ3) is 4.97. The van der Waals surface area contributed by atoms with Crippen molar-refractivity contribution in [3.63, 3.8) is 0 Å². The standard InChI is InChI=1S/C21H14F6N4O3/c22-20(23,24)15-3-2-10-28-18(15)33-12-11-30-19(32)31-16(4-1-5-17(31)29-30)13-6-8-14(9-7-13)34-21(25,26)27/h1-10H,11-12H2. The molecule has 0 aliphatic heterocycles. The molecule has 0 aliphatic rings. The van der Waals surface area contributed by atoms with E-state index in [0.29, 0.717) is 11.3 Å². The van der Waals surface area contributed by atoms with E-state index in [4.69, 9.17) is 4.74 Å². The lowest BCUT2D eigenvalue weighted by Gasteiger charge is -2.12. The Balaban J connectivity index is 1.57. The number of aromatic nitrogens is 4. The summed E-state index contributed by atoms with van der Waals surface area (Å²) in [6, 6.07) is 11.6. The number of fused-ring (bicyclic) bond motifs is 1. The van der Waals surface area contributed by atoms with Gasteiger partial charge in [-0.05, 0) is 54.1 Å². The molecule has 0 N–H and O–H groups in total. The SMILES string of the molecule is O=c1n(CCOc2ncccc2C(F)(F)F)nc2cccc(-c3ccc(OC(F)(F)F)cc3)n12. The summed E-state index contributed by atoms with van der Waals surface area (Å²) >= 11 is 0. The zero-order valence-corrected chi connectivity index (χ0v) is 17.0. The lowest BCUT2D eigenvalue weighted by atomic mass is 10.1. The molecular weight excluding hydrogens is 470 g/mol. The van der Waals surface area contributed by atoms with Gasteiger partial charge in [0.2, 0.25) is 5.88 Å². The number of hydrogen-bond acceptors (Lipinski definition) is 5. The zero-order chi connectivity index (χ0) is 24.5. The highest BCUT2D eigenvalue weighted by Gasteiger charge is 2.35. The number of alkyl halides is 6. The third-order valence-electron chi connectivity index (χ3n) is 4.61. The van der Waals surface area contributed by atoms with Gasteiger partial charge in [0.15, 0.2) is 5.65 Å².